The number of rotatable bonds is 6. The fourth-order valence-electron chi connectivity index (χ4n) is 1.82. The van der Waals surface area contributed by atoms with E-state index in [1.807, 2.05) is 0 Å². The molecule has 0 aromatic carbocycles. The standard InChI is InChI=1S/C14H24BrNO/c1-5-9-16-12(6-8-14(2,3)4)11-7-10-17-13(11)15/h7,10,12,16H,5-6,8-9H2,1-4H3. The lowest BCUT2D eigenvalue weighted by Crippen LogP contribution is -2.23. The smallest absolute Gasteiger partial charge is 0.173 e. The van der Waals surface area contributed by atoms with Gasteiger partial charge in [0.1, 0.15) is 0 Å². The first-order valence-electron chi connectivity index (χ1n) is 6.40. The minimum Gasteiger partial charge on any atom is -0.457 e. The normalized spacial score (nSPS) is 13.9. The van der Waals surface area contributed by atoms with Gasteiger partial charge in [0.05, 0.1) is 6.26 Å². The van der Waals surface area contributed by atoms with E-state index in [1.165, 1.54) is 12.0 Å². The van der Waals surface area contributed by atoms with E-state index in [1.54, 1.807) is 6.26 Å². The number of halogens is 1. The SMILES string of the molecule is CCCNC(CCC(C)(C)C)c1ccoc1Br. The van der Waals surface area contributed by atoms with Gasteiger partial charge in [0.25, 0.3) is 0 Å². The zero-order valence-electron chi connectivity index (χ0n) is 11.3. The molecule has 0 aliphatic rings. The first-order valence-corrected chi connectivity index (χ1v) is 7.19. The van der Waals surface area contributed by atoms with E-state index in [2.05, 4.69) is 55.0 Å². The lowest BCUT2D eigenvalue weighted by Gasteiger charge is -2.23. The van der Waals surface area contributed by atoms with Crippen molar-refractivity contribution in [1.29, 1.82) is 0 Å². The Hall–Kier alpha value is -0.280. The molecule has 0 fully saturated rings. The second kappa shape index (κ2) is 6.60. The van der Waals surface area contributed by atoms with Gasteiger partial charge in [-0.05, 0) is 53.2 Å². The second-order valence-electron chi connectivity index (χ2n) is 5.76. The van der Waals surface area contributed by atoms with Gasteiger partial charge in [0.15, 0.2) is 4.67 Å². The predicted molar refractivity (Wildman–Crippen MR) is 76.1 cm³/mol. The van der Waals surface area contributed by atoms with Gasteiger partial charge >= 0.3 is 0 Å². The van der Waals surface area contributed by atoms with Crippen LogP contribution in [0.5, 0.6) is 0 Å². The van der Waals surface area contributed by atoms with Crippen LogP contribution < -0.4 is 5.32 Å². The monoisotopic (exact) mass is 301 g/mol. The zero-order chi connectivity index (χ0) is 12.9. The first-order chi connectivity index (χ1) is 7.94. The Bertz CT molecular complexity index is 327. The maximum absolute atomic E-state index is 5.33. The summed E-state index contributed by atoms with van der Waals surface area (Å²) in [6, 6.07) is 2.45. The van der Waals surface area contributed by atoms with Crippen LogP contribution in [0.1, 0.15) is 58.6 Å². The third-order valence-corrected chi connectivity index (χ3v) is 3.49. The first kappa shape index (κ1) is 14.8. The van der Waals surface area contributed by atoms with Crippen LogP contribution in [-0.2, 0) is 0 Å². The van der Waals surface area contributed by atoms with Crippen LogP contribution in [0, 0.1) is 5.41 Å². The van der Waals surface area contributed by atoms with Crippen molar-refractivity contribution < 1.29 is 4.42 Å². The summed E-state index contributed by atoms with van der Waals surface area (Å²) in [5, 5.41) is 3.60. The average molecular weight is 302 g/mol. The highest BCUT2D eigenvalue weighted by Crippen LogP contribution is 2.31. The summed E-state index contributed by atoms with van der Waals surface area (Å²) in [7, 11) is 0. The van der Waals surface area contributed by atoms with Gasteiger partial charge in [-0.1, -0.05) is 27.7 Å². The molecular weight excluding hydrogens is 278 g/mol. The highest BCUT2D eigenvalue weighted by atomic mass is 79.9. The predicted octanol–water partition coefficient (Wildman–Crippen LogP) is 4.91. The van der Waals surface area contributed by atoms with Crippen LogP contribution >= 0.6 is 15.9 Å². The Kier molecular flexibility index (Phi) is 5.74. The molecule has 3 heteroatoms. The molecule has 1 aromatic heterocycles. The Morgan fingerprint density at radius 3 is 2.59 bits per heavy atom. The molecule has 2 nitrogen and oxygen atoms in total. The van der Waals surface area contributed by atoms with Crippen molar-refractivity contribution in [3.63, 3.8) is 0 Å². The Morgan fingerprint density at radius 1 is 1.41 bits per heavy atom. The maximum atomic E-state index is 5.33. The van der Waals surface area contributed by atoms with E-state index in [0.29, 0.717) is 11.5 Å². The third kappa shape index (κ3) is 5.26. The molecule has 17 heavy (non-hydrogen) atoms. The molecule has 0 radical (unpaired) electrons. The maximum Gasteiger partial charge on any atom is 0.173 e. The molecule has 0 bridgehead atoms. The fourth-order valence-corrected chi connectivity index (χ4v) is 2.33. The Balaban J connectivity index is 2.64. The number of furan rings is 1. The molecule has 0 aliphatic heterocycles. The summed E-state index contributed by atoms with van der Waals surface area (Å²) in [4.78, 5) is 0. The van der Waals surface area contributed by atoms with Crippen molar-refractivity contribution in [2.24, 2.45) is 5.41 Å². The zero-order valence-corrected chi connectivity index (χ0v) is 12.9. The molecule has 0 amide bonds. The van der Waals surface area contributed by atoms with E-state index in [4.69, 9.17) is 4.42 Å². The van der Waals surface area contributed by atoms with E-state index in [-0.39, 0.29) is 0 Å². The van der Waals surface area contributed by atoms with E-state index in [0.717, 1.165) is 24.1 Å². The highest BCUT2D eigenvalue weighted by Gasteiger charge is 2.19. The van der Waals surface area contributed by atoms with Crippen LogP contribution in [0.4, 0.5) is 0 Å². The van der Waals surface area contributed by atoms with Crippen molar-refractivity contribution in [2.75, 3.05) is 6.54 Å². The summed E-state index contributed by atoms with van der Waals surface area (Å²) in [5.74, 6) is 0. The van der Waals surface area contributed by atoms with E-state index >= 15 is 0 Å². The molecule has 1 aromatic rings. The van der Waals surface area contributed by atoms with Gasteiger partial charge in [-0.15, -0.1) is 0 Å². The van der Waals surface area contributed by atoms with Crippen molar-refractivity contribution >= 4 is 15.9 Å². The van der Waals surface area contributed by atoms with Gasteiger partial charge in [-0.2, -0.15) is 0 Å². The van der Waals surface area contributed by atoms with E-state index < -0.39 is 0 Å². The molecule has 0 aliphatic carbocycles. The van der Waals surface area contributed by atoms with Crippen LogP contribution in [0.15, 0.2) is 21.4 Å². The van der Waals surface area contributed by atoms with Crippen molar-refractivity contribution in [2.45, 2.75) is 53.0 Å². The van der Waals surface area contributed by atoms with Crippen molar-refractivity contribution in [3.05, 3.63) is 22.6 Å². The highest BCUT2D eigenvalue weighted by molar-refractivity contribution is 9.10. The summed E-state index contributed by atoms with van der Waals surface area (Å²) < 4.78 is 6.20. The van der Waals surface area contributed by atoms with Crippen molar-refractivity contribution in [3.8, 4) is 0 Å². The molecule has 1 rings (SSSR count). The summed E-state index contributed by atoms with van der Waals surface area (Å²) in [6.07, 6.45) is 5.24. The summed E-state index contributed by atoms with van der Waals surface area (Å²) in [5.41, 5.74) is 1.62. The minimum atomic E-state index is 0.377. The molecule has 1 atom stereocenters. The molecule has 0 spiro atoms. The van der Waals surface area contributed by atoms with Gasteiger partial charge in [0.2, 0.25) is 0 Å². The minimum absolute atomic E-state index is 0.377. The molecule has 1 N–H and O–H groups in total. The molecule has 1 unspecified atom stereocenters. The number of hydrogen-bond acceptors (Lipinski definition) is 2. The molecule has 0 saturated carbocycles. The van der Waals surface area contributed by atoms with Gasteiger partial charge in [0, 0.05) is 11.6 Å². The third-order valence-electron chi connectivity index (χ3n) is 2.85. The van der Waals surface area contributed by atoms with Crippen LogP contribution in [0.3, 0.4) is 0 Å². The summed E-state index contributed by atoms with van der Waals surface area (Å²) in [6.45, 7) is 10.1. The number of nitrogens with one attached hydrogen (secondary N) is 1. The van der Waals surface area contributed by atoms with E-state index in [9.17, 15) is 0 Å². The quantitative estimate of drug-likeness (QED) is 0.807. The largest absolute Gasteiger partial charge is 0.457 e. The molecule has 1 heterocycles. The van der Waals surface area contributed by atoms with Crippen molar-refractivity contribution in [1.82, 2.24) is 5.32 Å². The second-order valence-corrected chi connectivity index (χ2v) is 6.48. The Labute approximate surface area is 113 Å². The van der Waals surface area contributed by atoms with Gasteiger partial charge in [-0.25, -0.2) is 0 Å². The fraction of sp³-hybridized carbons (Fsp3) is 0.714. The summed E-state index contributed by atoms with van der Waals surface area (Å²) >= 11 is 3.47. The molecule has 98 valence electrons. The molecule has 0 saturated heterocycles. The van der Waals surface area contributed by atoms with Crippen LogP contribution in [-0.4, -0.2) is 6.54 Å². The topological polar surface area (TPSA) is 25.2 Å². The molecular formula is C14H24BrNO. The average Bonchev–Trinajstić information content (AvgIpc) is 2.63. The van der Waals surface area contributed by atoms with Gasteiger partial charge in [-0.3, -0.25) is 0 Å². The van der Waals surface area contributed by atoms with Crippen LogP contribution in [0.25, 0.3) is 0 Å². The number of hydrogen-bond donors (Lipinski definition) is 1. The Morgan fingerprint density at radius 2 is 2.12 bits per heavy atom. The lowest BCUT2D eigenvalue weighted by atomic mass is 9.87. The van der Waals surface area contributed by atoms with Gasteiger partial charge < -0.3 is 9.73 Å². The lowest BCUT2D eigenvalue weighted by molar-refractivity contribution is 0.330. The van der Waals surface area contributed by atoms with Crippen LogP contribution in [0.2, 0.25) is 0 Å².